The van der Waals surface area contributed by atoms with Gasteiger partial charge in [0.1, 0.15) is 0 Å². The highest BCUT2D eigenvalue weighted by molar-refractivity contribution is 5.76. The van der Waals surface area contributed by atoms with Gasteiger partial charge in [0.2, 0.25) is 5.91 Å². The number of hydrogen-bond acceptors (Lipinski definition) is 4. The maximum atomic E-state index is 12.5. The normalized spacial score (nSPS) is 13.6. The first kappa shape index (κ1) is 52.8. The van der Waals surface area contributed by atoms with Crippen LogP contribution in [0.5, 0.6) is 0 Å². The van der Waals surface area contributed by atoms with E-state index in [1.807, 2.05) is 6.08 Å². The number of amides is 1. The van der Waals surface area contributed by atoms with E-state index in [4.69, 9.17) is 0 Å². The first-order chi connectivity index (χ1) is 26.5. The van der Waals surface area contributed by atoms with E-state index in [9.17, 15) is 20.1 Å². The van der Waals surface area contributed by atoms with E-state index in [0.717, 1.165) is 38.5 Å². The standard InChI is InChI=1S/C49H95NO4/c1-3-5-7-9-11-13-15-17-19-21-22-23-24-25-27-29-31-33-35-37-39-41-43-48(53)47(45-51)50-49(54)44-46(52)42-40-38-36-34-32-30-28-26-20-18-16-14-12-10-8-6-4-2/h26,28,41,43,46-48,51-53H,3-25,27,29-40,42,44-45H2,1-2H3,(H,50,54)/b28-26-,43-41+. The Balaban J connectivity index is 3.63. The molecular formula is C49H95NO4. The molecule has 0 aromatic heterocycles. The van der Waals surface area contributed by atoms with E-state index < -0.39 is 18.2 Å². The molecule has 0 saturated heterocycles. The molecule has 3 unspecified atom stereocenters. The van der Waals surface area contributed by atoms with Crippen molar-refractivity contribution in [2.45, 2.75) is 276 Å². The monoisotopic (exact) mass is 762 g/mol. The van der Waals surface area contributed by atoms with E-state index in [1.165, 1.54) is 193 Å². The van der Waals surface area contributed by atoms with E-state index in [1.54, 1.807) is 6.08 Å². The summed E-state index contributed by atoms with van der Waals surface area (Å²) in [5.41, 5.74) is 0. The molecule has 3 atom stereocenters. The minimum absolute atomic E-state index is 0.00991. The second-order valence-electron chi connectivity index (χ2n) is 16.7. The maximum Gasteiger partial charge on any atom is 0.222 e. The van der Waals surface area contributed by atoms with Gasteiger partial charge in [0.05, 0.1) is 31.3 Å². The van der Waals surface area contributed by atoms with Crippen LogP contribution < -0.4 is 5.32 Å². The summed E-state index contributed by atoms with van der Waals surface area (Å²) in [6.45, 7) is 4.23. The molecule has 0 aliphatic carbocycles. The maximum absolute atomic E-state index is 12.5. The van der Waals surface area contributed by atoms with Crippen molar-refractivity contribution >= 4 is 5.91 Å². The molecule has 0 rings (SSSR count). The Labute approximate surface area is 337 Å². The fourth-order valence-corrected chi connectivity index (χ4v) is 7.51. The third kappa shape index (κ3) is 40.5. The van der Waals surface area contributed by atoms with Gasteiger partial charge in [-0.3, -0.25) is 4.79 Å². The Morgan fingerprint density at radius 1 is 0.463 bits per heavy atom. The Kier molecular flexibility index (Phi) is 43.6. The van der Waals surface area contributed by atoms with E-state index in [2.05, 4.69) is 31.3 Å². The van der Waals surface area contributed by atoms with E-state index in [-0.39, 0.29) is 18.9 Å². The molecule has 0 aromatic carbocycles. The van der Waals surface area contributed by atoms with Crippen LogP contribution in [0.15, 0.2) is 24.3 Å². The highest BCUT2D eigenvalue weighted by atomic mass is 16.3. The molecule has 0 aliphatic rings. The van der Waals surface area contributed by atoms with Crippen LogP contribution in [0.1, 0.15) is 258 Å². The number of rotatable bonds is 44. The second kappa shape index (κ2) is 44.5. The number of unbranched alkanes of at least 4 members (excludes halogenated alkanes) is 33. The lowest BCUT2D eigenvalue weighted by Crippen LogP contribution is -2.45. The molecule has 0 aromatic rings. The summed E-state index contributed by atoms with van der Waals surface area (Å²) in [4.78, 5) is 12.5. The smallest absolute Gasteiger partial charge is 0.222 e. The van der Waals surface area contributed by atoms with Crippen molar-refractivity contribution < 1.29 is 20.1 Å². The Bertz CT molecular complexity index is 799. The lowest BCUT2D eigenvalue weighted by molar-refractivity contribution is -0.124. The topological polar surface area (TPSA) is 89.8 Å². The molecule has 5 nitrogen and oxygen atoms in total. The summed E-state index contributed by atoms with van der Waals surface area (Å²) in [5.74, 6) is -0.318. The second-order valence-corrected chi connectivity index (χ2v) is 16.7. The SMILES string of the molecule is CCCCCCCCCC/C=C\CCCCCCCC(O)CC(=O)NC(CO)C(O)/C=C/CCCCCCCCCCCCCCCCCCCCCC. The molecule has 0 bridgehead atoms. The molecule has 0 aliphatic heterocycles. The average Bonchev–Trinajstić information content (AvgIpc) is 3.16. The van der Waals surface area contributed by atoms with Crippen LogP contribution in [0.25, 0.3) is 0 Å². The van der Waals surface area contributed by atoms with Crippen molar-refractivity contribution in [3.05, 3.63) is 24.3 Å². The van der Waals surface area contributed by atoms with Crippen LogP contribution in [-0.2, 0) is 4.79 Å². The van der Waals surface area contributed by atoms with Crippen LogP contribution >= 0.6 is 0 Å². The zero-order valence-corrected chi connectivity index (χ0v) is 36.4. The first-order valence-electron chi connectivity index (χ1n) is 24.1. The zero-order valence-electron chi connectivity index (χ0n) is 36.4. The molecule has 0 heterocycles. The number of carbonyl (C=O) groups is 1. The van der Waals surface area contributed by atoms with E-state index in [0.29, 0.717) is 6.42 Å². The first-order valence-corrected chi connectivity index (χ1v) is 24.1. The number of hydrogen-bond donors (Lipinski definition) is 4. The van der Waals surface area contributed by atoms with Gasteiger partial charge >= 0.3 is 0 Å². The Morgan fingerprint density at radius 2 is 0.778 bits per heavy atom. The lowest BCUT2D eigenvalue weighted by atomic mass is 10.0. The molecule has 0 radical (unpaired) electrons. The van der Waals surface area contributed by atoms with Gasteiger partial charge in [-0.25, -0.2) is 0 Å². The zero-order chi connectivity index (χ0) is 39.4. The highest BCUT2D eigenvalue weighted by Gasteiger charge is 2.20. The van der Waals surface area contributed by atoms with Crippen molar-refractivity contribution in [1.82, 2.24) is 5.32 Å². The summed E-state index contributed by atoms with van der Waals surface area (Å²) in [7, 11) is 0. The Morgan fingerprint density at radius 3 is 1.13 bits per heavy atom. The third-order valence-corrected chi connectivity index (χ3v) is 11.2. The van der Waals surface area contributed by atoms with Gasteiger partial charge in [-0.2, -0.15) is 0 Å². The molecule has 320 valence electrons. The fourth-order valence-electron chi connectivity index (χ4n) is 7.51. The minimum Gasteiger partial charge on any atom is -0.394 e. The number of aliphatic hydroxyl groups excluding tert-OH is 3. The van der Waals surface area contributed by atoms with Crippen molar-refractivity contribution in [1.29, 1.82) is 0 Å². The lowest BCUT2D eigenvalue weighted by Gasteiger charge is -2.21. The summed E-state index contributed by atoms with van der Waals surface area (Å²) in [5, 5.41) is 33.3. The van der Waals surface area contributed by atoms with Gasteiger partial charge < -0.3 is 20.6 Å². The predicted octanol–water partition coefficient (Wildman–Crippen LogP) is 14.2. The van der Waals surface area contributed by atoms with Crippen LogP contribution in [0.3, 0.4) is 0 Å². The van der Waals surface area contributed by atoms with Crippen LogP contribution in [-0.4, -0.2) is 46.1 Å². The minimum atomic E-state index is -0.929. The highest BCUT2D eigenvalue weighted by Crippen LogP contribution is 2.16. The number of nitrogens with one attached hydrogen (secondary N) is 1. The van der Waals surface area contributed by atoms with Gasteiger partial charge in [0.15, 0.2) is 0 Å². The van der Waals surface area contributed by atoms with E-state index >= 15 is 0 Å². The van der Waals surface area contributed by atoms with Crippen LogP contribution in [0.4, 0.5) is 0 Å². The quantitative estimate of drug-likeness (QED) is 0.0368. The average molecular weight is 762 g/mol. The summed E-state index contributed by atoms with van der Waals surface area (Å²) < 4.78 is 0. The molecule has 1 amide bonds. The van der Waals surface area contributed by atoms with Gasteiger partial charge in [-0.1, -0.05) is 231 Å². The van der Waals surface area contributed by atoms with Crippen molar-refractivity contribution in [3.63, 3.8) is 0 Å². The molecule has 54 heavy (non-hydrogen) atoms. The molecule has 0 saturated carbocycles. The molecular weight excluding hydrogens is 667 g/mol. The van der Waals surface area contributed by atoms with Crippen LogP contribution in [0.2, 0.25) is 0 Å². The van der Waals surface area contributed by atoms with Gasteiger partial charge in [0, 0.05) is 0 Å². The van der Waals surface area contributed by atoms with Crippen LogP contribution in [0, 0.1) is 0 Å². The summed E-state index contributed by atoms with van der Waals surface area (Å²) >= 11 is 0. The number of carbonyl (C=O) groups excluding carboxylic acids is 1. The Hall–Kier alpha value is -1.17. The van der Waals surface area contributed by atoms with Gasteiger partial charge in [-0.15, -0.1) is 0 Å². The molecule has 4 N–H and O–H groups in total. The van der Waals surface area contributed by atoms with Gasteiger partial charge in [-0.05, 0) is 44.9 Å². The van der Waals surface area contributed by atoms with Crippen molar-refractivity contribution in [3.8, 4) is 0 Å². The van der Waals surface area contributed by atoms with Crippen molar-refractivity contribution in [2.75, 3.05) is 6.61 Å². The number of aliphatic hydroxyl groups is 3. The van der Waals surface area contributed by atoms with Crippen molar-refractivity contribution in [2.24, 2.45) is 0 Å². The molecule has 0 fully saturated rings. The fraction of sp³-hybridized carbons (Fsp3) is 0.898. The molecule has 5 heteroatoms. The summed E-state index contributed by atoms with van der Waals surface area (Å²) in [6, 6.07) is -0.745. The summed E-state index contributed by atoms with van der Waals surface area (Å²) in [6.07, 6.45) is 54.7. The predicted molar refractivity (Wildman–Crippen MR) is 236 cm³/mol. The number of allylic oxidation sites excluding steroid dienone is 3. The third-order valence-electron chi connectivity index (χ3n) is 11.2. The van der Waals surface area contributed by atoms with Gasteiger partial charge in [0.25, 0.3) is 0 Å². The largest absolute Gasteiger partial charge is 0.394 e. The molecule has 0 spiro atoms.